The molecule has 0 aliphatic rings. The number of ketones is 2. The van der Waals surface area contributed by atoms with Crippen molar-refractivity contribution in [2.75, 3.05) is 6.61 Å². The molecule has 0 fully saturated rings. The summed E-state index contributed by atoms with van der Waals surface area (Å²) in [6.45, 7) is 3.92. The first kappa shape index (κ1) is 14.4. The lowest BCUT2D eigenvalue weighted by atomic mass is 10.0. The highest BCUT2D eigenvalue weighted by Gasteiger charge is 2.28. The molecular weight excluding hydrogens is 235 g/mol. The van der Waals surface area contributed by atoms with Crippen LogP contribution in [0.15, 0.2) is 24.3 Å². The molecule has 0 aromatic heterocycles. The molecule has 1 aromatic rings. The molecular formula is C14H17FO3. The molecule has 3 nitrogen and oxygen atoms in total. The molecule has 0 amide bonds. The summed E-state index contributed by atoms with van der Waals surface area (Å²) >= 11 is 0. The van der Waals surface area contributed by atoms with Crippen LogP contribution in [0.2, 0.25) is 0 Å². The monoisotopic (exact) mass is 252 g/mol. The van der Waals surface area contributed by atoms with Gasteiger partial charge < -0.3 is 4.74 Å². The van der Waals surface area contributed by atoms with Gasteiger partial charge in [0.25, 0.3) is 0 Å². The van der Waals surface area contributed by atoms with Gasteiger partial charge in [0.1, 0.15) is 5.75 Å². The second-order valence-electron chi connectivity index (χ2n) is 3.87. The molecule has 0 saturated heterocycles. The number of benzene rings is 1. The Labute approximate surface area is 106 Å². The van der Waals surface area contributed by atoms with Crippen LogP contribution in [-0.2, 0) is 4.79 Å². The Hall–Kier alpha value is -1.71. The van der Waals surface area contributed by atoms with Crippen LogP contribution in [0.3, 0.4) is 0 Å². The number of hydrogen-bond donors (Lipinski definition) is 0. The van der Waals surface area contributed by atoms with E-state index in [1.54, 1.807) is 32.0 Å². The maximum atomic E-state index is 13.7. The number of para-hydroxylation sites is 1. The molecule has 0 saturated carbocycles. The zero-order valence-electron chi connectivity index (χ0n) is 10.6. The number of carbonyl (C=O) groups excluding carboxylic acids is 2. The first-order valence-corrected chi connectivity index (χ1v) is 6.04. The third kappa shape index (κ3) is 3.39. The highest BCUT2D eigenvalue weighted by molar-refractivity contribution is 6.14. The van der Waals surface area contributed by atoms with Crippen molar-refractivity contribution in [3.05, 3.63) is 29.8 Å². The van der Waals surface area contributed by atoms with Crippen LogP contribution < -0.4 is 4.74 Å². The van der Waals surface area contributed by atoms with Crippen LogP contribution in [-0.4, -0.2) is 24.3 Å². The Bertz CT molecular complexity index is 429. The van der Waals surface area contributed by atoms with Gasteiger partial charge in [0, 0.05) is 6.42 Å². The highest BCUT2D eigenvalue weighted by atomic mass is 19.1. The van der Waals surface area contributed by atoms with Crippen LogP contribution in [0.4, 0.5) is 4.39 Å². The van der Waals surface area contributed by atoms with Crippen molar-refractivity contribution in [3.63, 3.8) is 0 Å². The van der Waals surface area contributed by atoms with Crippen LogP contribution in [0.25, 0.3) is 0 Å². The molecule has 1 aromatic carbocycles. The summed E-state index contributed by atoms with van der Waals surface area (Å²) < 4.78 is 19.0. The summed E-state index contributed by atoms with van der Waals surface area (Å²) in [5.74, 6) is -1.18. The van der Waals surface area contributed by atoms with Crippen molar-refractivity contribution in [2.24, 2.45) is 0 Å². The quantitative estimate of drug-likeness (QED) is 0.553. The summed E-state index contributed by atoms with van der Waals surface area (Å²) in [6, 6.07) is 6.38. The van der Waals surface area contributed by atoms with Crippen molar-refractivity contribution in [1.29, 1.82) is 0 Å². The molecule has 0 radical (unpaired) electrons. The van der Waals surface area contributed by atoms with E-state index in [9.17, 15) is 14.0 Å². The zero-order chi connectivity index (χ0) is 13.5. The van der Waals surface area contributed by atoms with Gasteiger partial charge in [-0.1, -0.05) is 19.1 Å². The number of alkyl halides is 1. The van der Waals surface area contributed by atoms with E-state index in [4.69, 9.17) is 4.74 Å². The first-order chi connectivity index (χ1) is 8.61. The predicted octanol–water partition coefficient (Wildman–Crippen LogP) is 2.98. The van der Waals surface area contributed by atoms with Gasteiger partial charge in [-0.25, -0.2) is 4.39 Å². The Morgan fingerprint density at radius 3 is 2.56 bits per heavy atom. The standard InChI is InChI=1S/C14H17FO3/c1-3-7-11(16)13(15)14(17)10-8-5-6-9-12(10)18-4-2/h5-6,8-9,13H,3-4,7H2,1-2H3. The van der Waals surface area contributed by atoms with Gasteiger partial charge in [-0.15, -0.1) is 0 Å². The molecule has 0 bridgehead atoms. The van der Waals surface area contributed by atoms with E-state index < -0.39 is 17.7 Å². The number of halogens is 1. The lowest BCUT2D eigenvalue weighted by Gasteiger charge is -2.10. The zero-order valence-corrected chi connectivity index (χ0v) is 10.6. The molecule has 0 aliphatic carbocycles. The van der Waals surface area contributed by atoms with Gasteiger partial charge >= 0.3 is 0 Å². The Balaban J connectivity index is 2.92. The van der Waals surface area contributed by atoms with E-state index in [1.165, 1.54) is 6.07 Å². The minimum absolute atomic E-state index is 0.0731. The van der Waals surface area contributed by atoms with Crippen LogP contribution >= 0.6 is 0 Å². The van der Waals surface area contributed by atoms with Crippen molar-refractivity contribution in [2.45, 2.75) is 32.9 Å². The third-order valence-corrected chi connectivity index (χ3v) is 2.46. The van der Waals surface area contributed by atoms with Gasteiger partial charge in [-0.05, 0) is 25.5 Å². The van der Waals surface area contributed by atoms with Crippen LogP contribution in [0.1, 0.15) is 37.0 Å². The van der Waals surface area contributed by atoms with E-state index in [0.717, 1.165) is 0 Å². The second kappa shape index (κ2) is 6.89. The van der Waals surface area contributed by atoms with Crippen molar-refractivity contribution >= 4 is 11.6 Å². The Morgan fingerprint density at radius 2 is 1.94 bits per heavy atom. The van der Waals surface area contributed by atoms with E-state index in [1.807, 2.05) is 0 Å². The Morgan fingerprint density at radius 1 is 1.28 bits per heavy atom. The molecule has 0 N–H and O–H groups in total. The average molecular weight is 252 g/mol. The molecule has 1 atom stereocenters. The van der Waals surface area contributed by atoms with Gasteiger partial charge in [-0.2, -0.15) is 0 Å². The molecule has 0 heterocycles. The van der Waals surface area contributed by atoms with E-state index in [0.29, 0.717) is 18.8 Å². The smallest absolute Gasteiger partial charge is 0.220 e. The number of hydrogen-bond acceptors (Lipinski definition) is 3. The van der Waals surface area contributed by atoms with Crippen molar-refractivity contribution in [3.8, 4) is 5.75 Å². The van der Waals surface area contributed by atoms with Gasteiger partial charge in [0.05, 0.1) is 12.2 Å². The SMILES string of the molecule is CCCC(=O)C(F)C(=O)c1ccccc1OCC. The third-order valence-electron chi connectivity index (χ3n) is 2.46. The fourth-order valence-electron chi connectivity index (χ4n) is 1.61. The van der Waals surface area contributed by atoms with Gasteiger partial charge in [0.2, 0.25) is 12.0 Å². The Kier molecular flexibility index (Phi) is 5.49. The summed E-state index contributed by atoms with van der Waals surface area (Å²) in [6.07, 6.45) is -1.49. The average Bonchev–Trinajstić information content (AvgIpc) is 2.38. The van der Waals surface area contributed by atoms with Crippen LogP contribution in [0.5, 0.6) is 5.75 Å². The van der Waals surface area contributed by atoms with Gasteiger partial charge in [-0.3, -0.25) is 9.59 Å². The molecule has 0 spiro atoms. The van der Waals surface area contributed by atoms with Gasteiger partial charge in [0.15, 0.2) is 5.78 Å². The molecule has 1 rings (SSSR count). The summed E-state index contributed by atoms with van der Waals surface area (Å²) in [4.78, 5) is 23.3. The largest absolute Gasteiger partial charge is 0.493 e. The van der Waals surface area contributed by atoms with Crippen LogP contribution in [0, 0.1) is 0 Å². The van der Waals surface area contributed by atoms with E-state index in [2.05, 4.69) is 0 Å². The lowest BCUT2D eigenvalue weighted by molar-refractivity contribution is -0.122. The maximum absolute atomic E-state index is 13.7. The number of Topliss-reactive ketones (excluding diaryl/α,β-unsaturated/α-hetero) is 2. The number of ether oxygens (including phenoxy) is 1. The minimum Gasteiger partial charge on any atom is -0.493 e. The van der Waals surface area contributed by atoms with E-state index in [-0.39, 0.29) is 12.0 Å². The first-order valence-electron chi connectivity index (χ1n) is 6.04. The summed E-state index contributed by atoms with van der Waals surface area (Å²) in [5.41, 5.74) is 0.122. The topological polar surface area (TPSA) is 43.4 Å². The molecule has 98 valence electrons. The molecule has 18 heavy (non-hydrogen) atoms. The second-order valence-corrected chi connectivity index (χ2v) is 3.87. The maximum Gasteiger partial charge on any atom is 0.220 e. The minimum atomic E-state index is -2.09. The van der Waals surface area contributed by atoms with E-state index >= 15 is 0 Å². The fraction of sp³-hybridized carbons (Fsp3) is 0.429. The number of carbonyl (C=O) groups is 2. The molecule has 4 heteroatoms. The highest BCUT2D eigenvalue weighted by Crippen LogP contribution is 2.21. The normalized spacial score (nSPS) is 11.9. The molecule has 1 unspecified atom stereocenters. The molecule has 0 aliphatic heterocycles. The number of rotatable bonds is 7. The fourth-order valence-corrected chi connectivity index (χ4v) is 1.61. The summed E-state index contributed by atoms with van der Waals surface area (Å²) in [5, 5.41) is 0. The van der Waals surface area contributed by atoms with Crippen molar-refractivity contribution < 1.29 is 18.7 Å². The lowest BCUT2D eigenvalue weighted by Crippen LogP contribution is -2.26. The van der Waals surface area contributed by atoms with Crippen molar-refractivity contribution in [1.82, 2.24) is 0 Å². The summed E-state index contributed by atoms with van der Waals surface area (Å²) in [7, 11) is 0. The predicted molar refractivity (Wildman–Crippen MR) is 66.8 cm³/mol.